The molecule has 0 bridgehead atoms. The summed E-state index contributed by atoms with van der Waals surface area (Å²) < 4.78 is 11.0. The number of nitrogens with zero attached hydrogens (tertiary/aromatic N) is 1. The van der Waals surface area contributed by atoms with Crippen molar-refractivity contribution < 1.29 is 14.3 Å². The van der Waals surface area contributed by atoms with E-state index in [-0.39, 0.29) is 5.78 Å². The van der Waals surface area contributed by atoms with Crippen LogP contribution in [0.1, 0.15) is 45.7 Å². The monoisotopic (exact) mass is 376 g/mol. The van der Waals surface area contributed by atoms with Gasteiger partial charge in [0, 0.05) is 35.2 Å². The summed E-state index contributed by atoms with van der Waals surface area (Å²) in [6.45, 7) is 3.55. The van der Waals surface area contributed by atoms with Crippen LogP contribution in [0, 0.1) is 0 Å². The molecule has 0 saturated heterocycles. The predicted octanol–water partition coefficient (Wildman–Crippen LogP) is 4.04. The van der Waals surface area contributed by atoms with Gasteiger partial charge < -0.3 is 14.5 Å². The summed E-state index contributed by atoms with van der Waals surface area (Å²) in [6.07, 6.45) is 1.94. The lowest BCUT2D eigenvalue weighted by molar-refractivity contribution is 0.101. The number of aromatic amines is 1. The molecule has 2 aliphatic heterocycles. The Morgan fingerprint density at radius 1 is 1.11 bits per heavy atom. The molecule has 0 unspecified atom stereocenters. The van der Waals surface area contributed by atoms with Crippen LogP contribution in [-0.2, 0) is 19.4 Å². The molecule has 3 aromatic rings. The number of ketones is 1. The fourth-order valence-electron chi connectivity index (χ4n) is 4.78. The van der Waals surface area contributed by atoms with Crippen molar-refractivity contribution >= 4 is 16.7 Å². The minimum Gasteiger partial charge on any atom is -0.493 e. The second-order valence-corrected chi connectivity index (χ2v) is 7.75. The lowest BCUT2D eigenvalue weighted by Gasteiger charge is -2.40. The van der Waals surface area contributed by atoms with Crippen molar-refractivity contribution in [1.82, 2.24) is 9.88 Å². The molecular formula is C23H24N2O3. The number of hydrogen-bond donors (Lipinski definition) is 1. The topological polar surface area (TPSA) is 54.6 Å². The van der Waals surface area contributed by atoms with Gasteiger partial charge in [0.25, 0.3) is 0 Å². The van der Waals surface area contributed by atoms with Gasteiger partial charge in [-0.25, -0.2) is 0 Å². The van der Waals surface area contributed by atoms with Gasteiger partial charge in [-0.15, -0.1) is 0 Å². The first-order valence-corrected chi connectivity index (χ1v) is 9.72. The van der Waals surface area contributed by atoms with Crippen LogP contribution in [0.25, 0.3) is 10.9 Å². The number of hydrogen-bond acceptors (Lipinski definition) is 4. The molecule has 3 heterocycles. The molecule has 1 atom stereocenters. The van der Waals surface area contributed by atoms with Crippen molar-refractivity contribution in [3.8, 4) is 11.5 Å². The van der Waals surface area contributed by atoms with E-state index in [0.717, 1.165) is 48.5 Å². The predicted molar refractivity (Wildman–Crippen MR) is 108 cm³/mol. The van der Waals surface area contributed by atoms with E-state index in [1.807, 2.05) is 18.2 Å². The van der Waals surface area contributed by atoms with E-state index in [2.05, 4.69) is 22.0 Å². The van der Waals surface area contributed by atoms with E-state index in [1.165, 1.54) is 27.8 Å². The number of ether oxygens (including phenoxy) is 2. The lowest BCUT2D eigenvalue weighted by atomic mass is 9.86. The first-order chi connectivity index (χ1) is 13.6. The highest BCUT2D eigenvalue weighted by molar-refractivity contribution is 5.99. The Hall–Kier alpha value is -2.79. The van der Waals surface area contributed by atoms with E-state index >= 15 is 0 Å². The Balaban J connectivity index is 1.59. The van der Waals surface area contributed by atoms with Crippen molar-refractivity contribution in [2.75, 3.05) is 20.8 Å². The molecule has 0 radical (unpaired) electrons. The number of rotatable bonds is 3. The Morgan fingerprint density at radius 3 is 2.57 bits per heavy atom. The van der Waals surface area contributed by atoms with Crippen LogP contribution < -0.4 is 9.47 Å². The third kappa shape index (κ3) is 2.53. The molecule has 0 spiro atoms. The van der Waals surface area contributed by atoms with E-state index in [4.69, 9.17) is 9.47 Å². The number of benzene rings is 2. The summed E-state index contributed by atoms with van der Waals surface area (Å²) >= 11 is 0. The summed E-state index contributed by atoms with van der Waals surface area (Å²) in [4.78, 5) is 18.0. The number of H-pyrrole nitrogens is 1. The van der Waals surface area contributed by atoms with Crippen molar-refractivity contribution in [3.63, 3.8) is 0 Å². The van der Waals surface area contributed by atoms with E-state index in [9.17, 15) is 4.79 Å². The molecule has 5 rings (SSSR count). The number of fused-ring (bicyclic) bond motifs is 6. The number of methoxy groups -OCH3 is 2. The van der Waals surface area contributed by atoms with Gasteiger partial charge in [0.2, 0.25) is 0 Å². The highest BCUT2D eigenvalue weighted by Gasteiger charge is 2.34. The fourth-order valence-corrected chi connectivity index (χ4v) is 4.78. The van der Waals surface area contributed by atoms with Crippen molar-refractivity contribution in [2.24, 2.45) is 0 Å². The van der Waals surface area contributed by atoms with Crippen LogP contribution in [0.4, 0.5) is 0 Å². The third-order valence-electron chi connectivity index (χ3n) is 6.26. The maximum absolute atomic E-state index is 11.8. The minimum absolute atomic E-state index is 0.113. The SMILES string of the molecule is COc1cc2c(cc1OC)CN1CCc3c([nH]c4ccc(C(C)=O)cc34)[C@@H]1C2. The highest BCUT2D eigenvalue weighted by Crippen LogP contribution is 2.43. The molecule has 2 aliphatic rings. The summed E-state index contributed by atoms with van der Waals surface area (Å²) in [5.41, 5.74) is 7.19. The summed E-state index contributed by atoms with van der Waals surface area (Å²) in [5, 5.41) is 1.19. The summed E-state index contributed by atoms with van der Waals surface area (Å²) in [7, 11) is 3.37. The van der Waals surface area contributed by atoms with Crippen molar-refractivity contribution in [1.29, 1.82) is 0 Å². The second-order valence-electron chi connectivity index (χ2n) is 7.75. The van der Waals surface area contributed by atoms with Gasteiger partial charge in [0.15, 0.2) is 17.3 Å². The Bertz CT molecular complexity index is 1100. The quantitative estimate of drug-likeness (QED) is 0.701. The Labute approximate surface area is 164 Å². The van der Waals surface area contributed by atoms with E-state index in [0.29, 0.717) is 6.04 Å². The van der Waals surface area contributed by atoms with Gasteiger partial charge in [-0.05, 0) is 66.8 Å². The molecule has 0 saturated carbocycles. The largest absolute Gasteiger partial charge is 0.493 e. The van der Waals surface area contributed by atoms with E-state index < -0.39 is 0 Å². The smallest absolute Gasteiger partial charge is 0.161 e. The van der Waals surface area contributed by atoms with Gasteiger partial charge in [-0.3, -0.25) is 9.69 Å². The molecule has 5 nitrogen and oxygen atoms in total. The highest BCUT2D eigenvalue weighted by atomic mass is 16.5. The van der Waals surface area contributed by atoms with Gasteiger partial charge >= 0.3 is 0 Å². The number of carbonyl (C=O) groups excluding carboxylic acids is 1. The molecule has 1 aromatic heterocycles. The Morgan fingerprint density at radius 2 is 1.86 bits per heavy atom. The maximum Gasteiger partial charge on any atom is 0.161 e. The zero-order valence-corrected chi connectivity index (χ0v) is 16.5. The van der Waals surface area contributed by atoms with Gasteiger partial charge in [0.05, 0.1) is 20.3 Å². The number of Topliss-reactive ketones (excluding diaryl/α,β-unsaturated/α-hetero) is 1. The Kier molecular flexibility index (Phi) is 3.95. The fraction of sp³-hybridized carbons (Fsp3) is 0.348. The third-order valence-corrected chi connectivity index (χ3v) is 6.26. The normalized spacial score (nSPS) is 18.3. The number of nitrogens with one attached hydrogen (secondary N) is 1. The van der Waals surface area contributed by atoms with Gasteiger partial charge in [-0.1, -0.05) is 0 Å². The van der Waals surface area contributed by atoms with E-state index in [1.54, 1.807) is 21.1 Å². The average molecular weight is 376 g/mol. The van der Waals surface area contributed by atoms with Crippen LogP contribution in [0.15, 0.2) is 30.3 Å². The first-order valence-electron chi connectivity index (χ1n) is 9.72. The molecule has 144 valence electrons. The molecular weight excluding hydrogens is 352 g/mol. The second kappa shape index (κ2) is 6.38. The summed E-state index contributed by atoms with van der Waals surface area (Å²) in [5.74, 6) is 1.69. The molecule has 0 fully saturated rings. The molecule has 0 amide bonds. The zero-order valence-electron chi connectivity index (χ0n) is 16.5. The molecule has 28 heavy (non-hydrogen) atoms. The zero-order chi connectivity index (χ0) is 19.4. The van der Waals surface area contributed by atoms with Crippen molar-refractivity contribution in [2.45, 2.75) is 32.4 Å². The van der Waals surface area contributed by atoms with Crippen molar-refractivity contribution in [3.05, 3.63) is 58.3 Å². The standard InChI is InChI=1S/C23H24N2O3/c1-13(26)14-4-5-19-18(8-14)17-6-7-25-12-16-11-22(28-3)21(27-2)10-15(16)9-20(25)23(17)24-19/h4-5,8,10-11,20,24H,6-7,9,12H2,1-3H3/t20-/m0/s1. The van der Waals surface area contributed by atoms with Gasteiger partial charge in [0.1, 0.15) is 0 Å². The average Bonchev–Trinajstić information content (AvgIpc) is 3.09. The van der Waals surface area contributed by atoms with Crippen LogP contribution >= 0.6 is 0 Å². The number of aromatic nitrogens is 1. The van der Waals surface area contributed by atoms with Crippen LogP contribution in [0.2, 0.25) is 0 Å². The molecule has 0 aliphatic carbocycles. The first kappa shape index (κ1) is 17.3. The summed E-state index contributed by atoms with van der Waals surface area (Å²) in [6, 6.07) is 10.6. The van der Waals surface area contributed by atoms with Crippen LogP contribution in [0.3, 0.4) is 0 Å². The molecule has 5 heteroatoms. The van der Waals surface area contributed by atoms with Crippen LogP contribution in [0.5, 0.6) is 11.5 Å². The lowest BCUT2D eigenvalue weighted by Crippen LogP contribution is -2.39. The van der Waals surface area contributed by atoms with Gasteiger partial charge in [-0.2, -0.15) is 0 Å². The minimum atomic E-state index is 0.113. The molecule has 1 N–H and O–H groups in total. The maximum atomic E-state index is 11.8. The molecule has 2 aromatic carbocycles. The van der Waals surface area contributed by atoms with Crippen LogP contribution in [-0.4, -0.2) is 36.4 Å². The number of carbonyl (C=O) groups is 1.